The van der Waals surface area contributed by atoms with E-state index in [0.29, 0.717) is 0 Å². The zero-order valence-electron chi connectivity index (χ0n) is 13.5. The van der Waals surface area contributed by atoms with Crippen LogP contribution >= 0.6 is 0 Å². The maximum absolute atomic E-state index is 4.68. The number of fused-ring (bicyclic) bond motifs is 11. The predicted molar refractivity (Wildman–Crippen MR) is 105 cm³/mol. The second kappa shape index (κ2) is 4.58. The van der Waals surface area contributed by atoms with Crippen LogP contribution in [0.25, 0.3) is 48.9 Å². The van der Waals surface area contributed by atoms with Gasteiger partial charge in [0.15, 0.2) is 0 Å². The number of pyridine rings is 2. The second-order valence-corrected chi connectivity index (χ2v) is 6.48. The van der Waals surface area contributed by atoms with Gasteiger partial charge in [-0.25, -0.2) is 4.98 Å². The van der Waals surface area contributed by atoms with Crippen LogP contribution in [0, 0.1) is 0 Å². The molecule has 0 atom stereocenters. The molecule has 2 heteroatoms. The van der Waals surface area contributed by atoms with Crippen LogP contribution in [0.5, 0.6) is 0 Å². The van der Waals surface area contributed by atoms with E-state index >= 15 is 0 Å². The van der Waals surface area contributed by atoms with E-state index in [1.165, 1.54) is 43.2 Å². The van der Waals surface area contributed by atoms with E-state index in [9.17, 15) is 0 Å². The molecule has 0 saturated carbocycles. The van der Waals surface area contributed by atoms with E-state index < -0.39 is 0 Å². The summed E-state index contributed by atoms with van der Waals surface area (Å²) in [6, 6.07) is 25.9. The lowest BCUT2D eigenvalue weighted by Crippen LogP contribution is -1.93. The topological polar surface area (TPSA) is 17.3 Å². The van der Waals surface area contributed by atoms with Gasteiger partial charge in [0.1, 0.15) is 5.65 Å². The average Bonchev–Trinajstić information content (AvgIpc) is 3.17. The Balaban J connectivity index is 2.15. The molecule has 0 radical (unpaired) electrons. The molecule has 0 aliphatic heterocycles. The fourth-order valence-electron chi connectivity index (χ4n) is 4.24. The van der Waals surface area contributed by atoms with E-state index in [2.05, 4.69) is 82.3 Å². The first-order valence-corrected chi connectivity index (χ1v) is 8.50. The molecule has 6 rings (SSSR count). The lowest BCUT2D eigenvalue weighted by Gasteiger charge is -2.14. The van der Waals surface area contributed by atoms with Crippen molar-refractivity contribution in [3.05, 3.63) is 85.2 Å². The number of aromatic nitrogens is 2. The van der Waals surface area contributed by atoms with Crippen molar-refractivity contribution >= 4 is 48.9 Å². The highest BCUT2D eigenvalue weighted by atomic mass is 15.0. The molecule has 0 fully saturated rings. The van der Waals surface area contributed by atoms with Gasteiger partial charge < -0.3 is 4.40 Å². The first-order chi connectivity index (χ1) is 12.4. The van der Waals surface area contributed by atoms with Gasteiger partial charge in [-0.05, 0) is 45.8 Å². The minimum atomic E-state index is 1.01. The zero-order valence-corrected chi connectivity index (χ0v) is 13.5. The summed E-state index contributed by atoms with van der Waals surface area (Å²) in [5.74, 6) is 0. The van der Waals surface area contributed by atoms with Crippen LogP contribution in [0.2, 0.25) is 0 Å². The Kier molecular flexibility index (Phi) is 2.37. The fraction of sp³-hybridized carbons (Fsp3) is 0. The van der Waals surface area contributed by atoms with Crippen LogP contribution in [0.1, 0.15) is 0 Å². The number of hydrogen-bond acceptors (Lipinski definition) is 1. The molecule has 0 unspecified atom stereocenters. The van der Waals surface area contributed by atoms with Crippen LogP contribution < -0.4 is 0 Å². The Bertz CT molecular complexity index is 1430. The van der Waals surface area contributed by atoms with E-state index in [4.69, 9.17) is 0 Å². The second-order valence-electron chi connectivity index (χ2n) is 6.48. The summed E-state index contributed by atoms with van der Waals surface area (Å²) < 4.78 is 2.21. The van der Waals surface area contributed by atoms with Crippen LogP contribution in [0.4, 0.5) is 0 Å². The van der Waals surface area contributed by atoms with Crippen molar-refractivity contribution in [3.8, 4) is 0 Å². The highest BCUT2D eigenvalue weighted by Gasteiger charge is 2.15. The molecular formula is C23H14N2. The highest BCUT2D eigenvalue weighted by Crippen LogP contribution is 2.40. The van der Waals surface area contributed by atoms with Crippen LogP contribution in [-0.4, -0.2) is 9.38 Å². The summed E-state index contributed by atoms with van der Waals surface area (Å²) in [6.07, 6.45) is 3.98. The van der Waals surface area contributed by atoms with Gasteiger partial charge in [0.25, 0.3) is 0 Å². The summed E-state index contributed by atoms with van der Waals surface area (Å²) in [6.45, 7) is 0. The molecule has 0 aliphatic rings. The van der Waals surface area contributed by atoms with Crippen molar-refractivity contribution < 1.29 is 0 Å². The van der Waals surface area contributed by atoms with Gasteiger partial charge in [0, 0.05) is 28.6 Å². The highest BCUT2D eigenvalue weighted by molar-refractivity contribution is 6.34. The molecule has 0 saturated heterocycles. The van der Waals surface area contributed by atoms with Crippen molar-refractivity contribution in [2.75, 3.05) is 0 Å². The number of rotatable bonds is 0. The van der Waals surface area contributed by atoms with Crippen LogP contribution in [0.3, 0.4) is 0 Å². The summed E-state index contributed by atoms with van der Waals surface area (Å²) in [5.41, 5.74) is 2.22. The third-order valence-electron chi connectivity index (χ3n) is 5.22. The molecule has 0 spiro atoms. The SMILES string of the molecule is c1ccc2c(c1)c1ccccc1c1c2c2cccnc2n2cccc12. The van der Waals surface area contributed by atoms with E-state index in [1.807, 2.05) is 12.3 Å². The first kappa shape index (κ1) is 13.0. The molecule has 0 bridgehead atoms. The third kappa shape index (κ3) is 1.56. The smallest absolute Gasteiger partial charge is 0.145 e. The van der Waals surface area contributed by atoms with Gasteiger partial charge in [-0.2, -0.15) is 0 Å². The van der Waals surface area contributed by atoms with Crippen LogP contribution in [-0.2, 0) is 0 Å². The molecule has 3 heterocycles. The standard InChI is InChI=1S/C23H14N2/c1-3-9-17-15(7-1)16-8-2-4-10-18(16)22-20-12-6-14-25(20)23-19(21(17)22)11-5-13-24-23/h1-14H. The lowest BCUT2D eigenvalue weighted by molar-refractivity contribution is 1.21. The molecule has 3 aromatic carbocycles. The van der Waals surface area contributed by atoms with Crippen molar-refractivity contribution in [1.82, 2.24) is 9.38 Å². The largest absolute Gasteiger partial charge is 0.301 e. The normalized spacial score (nSPS) is 12.0. The molecule has 2 nitrogen and oxygen atoms in total. The molecule has 0 aliphatic carbocycles. The third-order valence-corrected chi connectivity index (χ3v) is 5.22. The van der Waals surface area contributed by atoms with E-state index in [-0.39, 0.29) is 0 Å². The Hall–Kier alpha value is -3.39. The van der Waals surface area contributed by atoms with Gasteiger partial charge in [-0.1, -0.05) is 48.5 Å². The number of benzene rings is 3. The van der Waals surface area contributed by atoms with E-state index in [0.717, 1.165) is 5.65 Å². The minimum absolute atomic E-state index is 1.01. The van der Waals surface area contributed by atoms with Gasteiger partial charge in [-0.15, -0.1) is 0 Å². The monoisotopic (exact) mass is 318 g/mol. The zero-order chi connectivity index (χ0) is 16.4. The van der Waals surface area contributed by atoms with Gasteiger partial charge in [0.05, 0.1) is 5.52 Å². The quantitative estimate of drug-likeness (QED) is 0.316. The molecule has 116 valence electrons. The maximum Gasteiger partial charge on any atom is 0.145 e. The summed E-state index contributed by atoms with van der Waals surface area (Å²) in [7, 11) is 0. The summed E-state index contributed by atoms with van der Waals surface area (Å²) >= 11 is 0. The molecule has 0 amide bonds. The van der Waals surface area contributed by atoms with Gasteiger partial charge in [-0.3, -0.25) is 0 Å². The van der Waals surface area contributed by atoms with Gasteiger partial charge >= 0.3 is 0 Å². The van der Waals surface area contributed by atoms with Gasteiger partial charge in [0.2, 0.25) is 0 Å². The van der Waals surface area contributed by atoms with Crippen LogP contribution in [0.15, 0.2) is 85.2 Å². The number of hydrogen-bond donors (Lipinski definition) is 0. The Morgan fingerprint density at radius 2 is 1.20 bits per heavy atom. The molecule has 6 aromatic rings. The molecule has 0 N–H and O–H groups in total. The fourth-order valence-corrected chi connectivity index (χ4v) is 4.24. The first-order valence-electron chi connectivity index (χ1n) is 8.50. The molecule has 3 aromatic heterocycles. The minimum Gasteiger partial charge on any atom is -0.301 e. The van der Waals surface area contributed by atoms with Crippen molar-refractivity contribution in [1.29, 1.82) is 0 Å². The average molecular weight is 318 g/mol. The Labute approximate surface area is 143 Å². The number of nitrogens with zero attached hydrogens (tertiary/aromatic N) is 2. The lowest BCUT2D eigenvalue weighted by atomic mass is 9.93. The summed E-state index contributed by atoms with van der Waals surface area (Å²) in [5, 5.41) is 8.98. The predicted octanol–water partition coefficient (Wildman–Crippen LogP) is 5.95. The molecule has 25 heavy (non-hydrogen) atoms. The van der Waals surface area contributed by atoms with Crippen molar-refractivity contribution in [3.63, 3.8) is 0 Å². The Morgan fingerprint density at radius 1 is 0.560 bits per heavy atom. The van der Waals surface area contributed by atoms with Crippen molar-refractivity contribution in [2.24, 2.45) is 0 Å². The maximum atomic E-state index is 4.68. The van der Waals surface area contributed by atoms with E-state index in [1.54, 1.807) is 0 Å². The summed E-state index contributed by atoms with van der Waals surface area (Å²) in [4.78, 5) is 4.68. The Morgan fingerprint density at radius 3 is 1.96 bits per heavy atom. The van der Waals surface area contributed by atoms with Crippen molar-refractivity contribution in [2.45, 2.75) is 0 Å². The molecular weight excluding hydrogens is 304 g/mol.